The van der Waals surface area contributed by atoms with Crippen molar-refractivity contribution in [1.82, 2.24) is 0 Å². The van der Waals surface area contributed by atoms with E-state index in [2.05, 4.69) is 0 Å². The minimum absolute atomic E-state index is 0. The fraction of sp³-hybridized carbons (Fsp3) is 0.143. The van der Waals surface area contributed by atoms with Crippen molar-refractivity contribution in [3.8, 4) is 5.75 Å². The summed E-state index contributed by atoms with van der Waals surface area (Å²) in [6.07, 6.45) is 0. The Balaban J connectivity index is 0.000000640. The molecule has 0 aliphatic rings. The number of phenolic OH excluding ortho intramolecular Hbond substituents is 1. The van der Waals surface area contributed by atoms with Crippen molar-refractivity contribution < 1.29 is 26.8 Å². The smallest absolute Gasteiger partial charge is 0.115 e. The average Bonchev–Trinajstić information content (AvgIpc) is 1.77. The molecule has 0 bridgehead atoms. The number of hydrogen-bond acceptors (Lipinski definition) is 1. The van der Waals surface area contributed by atoms with Gasteiger partial charge in [0.25, 0.3) is 0 Å². The molecular formula is C7H8OTi. The molecule has 1 aromatic carbocycles. The van der Waals surface area contributed by atoms with Gasteiger partial charge in [0.2, 0.25) is 0 Å². The third-order valence-corrected chi connectivity index (χ3v) is 1.03. The molecule has 0 unspecified atom stereocenters. The van der Waals surface area contributed by atoms with Crippen LogP contribution in [0.5, 0.6) is 5.75 Å². The summed E-state index contributed by atoms with van der Waals surface area (Å²) in [5.41, 5.74) is 1.17. The van der Waals surface area contributed by atoms with Crippen LogP contribution in [-0.2, 0) is 21.7 Å². The fourth-order valence-corrected chi connectivity index (χ4v) is 0.545. The summed E-state index contributed by atoms with van der Waals surface area (Å²) in [5, 5.41) is 8.76. The number of phenols is 1. The third kappa shape index (κ3) is 2.68. The summed E-state index contributed by atoms with van der Waals surface area (Å²) in [5.74, 6) is 0.329. The largest absolute Gasteiger partial charge is 0.508 e. The summed E-state index contributed by atoms with van der Waals surface area (Å²) in [4.78, 5) is 0. The van der Waals surface area contributed by atoms with Crippen LogP contribution in [0.15, 0.2) is 24.3 Å². The Morgan fingerprint density at radius 1 is 1.11 bits per heavy atom. The maximum Gasteiger partial charge on any atom is 0.115 e. The van der Waals surface area contributed by atoms with Crippen LogP contribution in [0.25, 0.3) is 0 Å². The fourth-order valence-electron chi connectivity index (χ4n) is 0.545. The molecule has 0 atom stereocenters. The first-order valence-corrected chi connectivity index (χ1v) is 2.54. The van der Waals surface area contributed by atoms with E-state index in [0.717, 1.165) is 0 Å². The molecule has 2 heteroatoms. The molecular weight excluding hydrogens is 148 g/mol. The first-order chi connectivity index (χ1) is 3.79. The molecule has 0 fully saturated rings. The van der Waals surface area contributed by atoms with Crippen LogP contribution >= 0.6 is 0 Å². The van der Waals surface area contributed by atoms with Gasteiger partial charge >= 0.3 is 0 Å². The molecule has 0 heterocycles. The van der Waals surface area contributed by atoms with Gasteiger partial charge in [-0.1, -0.05) is 17.7 Å². The number of benzene rings is 1. The van der Waals surface area contributed by atoms with Crippen LogP contribution in [0.1, 0.15) is 5.56 Å². The maximum absolute atomic E-state index is 8.76. The van der Waals surface area contributed by atoms with Crippen molar-refractivity contribution in [2.45, 2.75) is 6.92 Å². The molecule has 1 rings (SSSR count). The van der Waals surface area contributed by atoms with Crippen LogP contribution in [-0.4, -0.2) is 5.11 Å². The van der Waals surface area contributed by atoms with Gasteiger partial charge in [0.1, 0.15) is 5.75 Å². The molecule has 0 radical (unpaired) electrons. The molecule has 1 N–H and O–H groups in total. The van der Waals surface area contributed by atoms with Crippen LogP contribution in [0, 0.1) is 6.92 Å². The van der Waals surface area contributed by atoms with E-state index < -0.39 is 0 Å². The van der Waals surface area contributed by atoms with Crippen LogP contribution < -0.4 is 0 Å². The van der Waals surface area contributed by atoms with Gasteiger partial charge in [-0.3, -0.25) is 0 Å². The molecule has 0 aromatic heterocycles. The SMILES string of the molecule is Cc1ccc(O)cc1.[Ti]. The molecule has 1 aromatic rings. The predicted octanol–water partition coefficient (Wildman–Crippen LogP) is 1.70. The zero-order valence-corrected chi connectivity index (χ0v) is 6.82. The summed E-state index contributed by atoms with van der Waals surface area (Å²) >= 11 is 0. The first-order valence-electron chi connectivity index (χ1n) is 2.54. The van der Waals surface area contributed by atoms with Gasteiger partial charge < -0.3 is 5.11 Å². The van der Waals surface area contributed by atoms with Gasteiger partial charge in [-0.25, -0.2) is 0 Å². The van der Waals surface area contributed by atoms with E-state index in [1.807, 2.05) is 19.1 Å². The second-order valence-electron chi connectivity index (χ2n) is 1.84. The van der Waals surface area contributed by atoms with E-state index in [1.165, 1.54) is 5.56 Å². The molecule has 0 saturated heterocycles. The first kappa shape index (κ1) is 8.73. The number of aromatic hydroxyl groups is 1. The van der Waals surface area contributed by atoms with Crippen molar-refractivity contribution in [3.63, 3.8) is 0 Å². The summed E-state index contributed by atoms with van der Waals surface area (Å²) in [6.45, 7) is 1.99. The normalized spacial score (nSPS) is 8.11. The Morgan fingerprint density at radius 3 is 1.89 bits per heavy atom. The molecule has 0 aliphatic carbocycles. The molecule has 1 nitrogen and oxygen atoms in total. The monoisotopic (exact) mass is 156 g/mol. The zero-order chi connectivity index (χ0) is 5.98. The van der Waals surface area contributed by atoms with Crippen molar-refractivity contribution in [3.05, 3.63) is 29.8 Å². The Morgan fingerprint density at radius 2 is 1.56 bits per heavy atom. The molecule has 0 amide bonds. The Kier molecular flexibility index (Phi) is 3.59. The van der Waals surface area contributed by atoms with E-state index in [0.29, 0.717) is 5.75 Å². The standard InChI is InChI=1S/C7H8O.Ti/c1-6-2-4-7(8)5-3-6;/h2-5,8H,1H3;. The van der Waals surface area contributed by atoms with E-state index in [4.69, 9.17) is 5.11 Å². The Hall–Kier alpha value is -0.266. The summed E-state index contributed by atoms with van der Waals surface area (Å²) < 4.78 is 0. The molecule has 0 aliphatic heterocycles. The van der Waals surface area contributed by atoms with E-state index in [-0.39, 0.29) is 21.7 Å². The number of aryl methyl sites for hydroxylation is 1. The molecule has 0 spiro atoms. The molecule has 46 valence electrons. The number of hydrogen-bond donors (Lipinski definition) is 1. The molecule has 0 saturated carbocycles. The van der Waals surface area contributed by atoms with Gasteiger partial charge in [-0.2, -0.15) is 0 Å². The zero-order valence-electron chi connectivity index (χ0n) is 5.26. The summed E-state index contributed by atoms with van der Waals surface area (Å²) in [6, 6.07) is 7.09. The minimum atomic E-state index is 0. The minimum Gasteiger partial charge on any atom is -0.508 e. The van der Waals surface area contributed by atoms with E-state index in [1.54, 1.807) is 12.1 Å². The van der Waals surface area contributed by atoms with Gasteiger partial charge in [0.05, 0.1) is 0 Å². The van der Waals surface area contributed by atoms with Gasteiger partial charge in [0.15, 0.2) is 0 Å². The van der Waals surface area contributed by atoms with E-state index >= 15 is 0 Å². The van der Waals surface area contributed by atoms with Crippen LogP contribution in [0.4, 0.5) is 0 Å². The van der Waals surface area contributed by atoms with Crippen LogP contribution in [0.3, 0.4) is 0 Å². The van der Waals surface area contributed by atoms with Crippen molar-refractivity contribution >= 4 is 0 Å². The second kappa shape index (κ2) is 3.70. The predicted molar refractivity (Wildman–Crippen MR) is 32.8 cm³/mol. The topological polar surface area (TPSA) is 20.2 Å². The molecule has 9 heavy (non-hydrogen) atoms. The number of rotatable bonds is 0. The third-order valence-electron chi connectivity index (χ3n) is 1.03. The van der Waals surface area contributed by atoms with Crippen molar-refractivity contribution in [1.29, 1.82) is 0 Å². The van der Waals surface area contributed by atoms with E-state index in [9.17, 15) is 0 Å². The Bertz CT molecular complexity index is 148. The average molecular weight is 156 g/mol. The summed E-state index contributed by atoms with van der Waals surface area (Å²) in [7, 11) is 0. The van der Waals surface area contributed by atoms with Crippen molar-refractivity contribution in [2.24, 2.45) is 0 Å². The quantitative estimate of drug-likeness (QED) is 0.566. The maximum atomic E-state index is 8.76. The van der Waals surface area contributed by atoms with Crippen molar-refractivity contribution in [2.75, 3.05) is 0 Å². The second-order valence-corrected chi connectivity index (χ2v) is 1.84. The van der Waals surface area contributed by atoms with Crippen LogP contribution in [0.2, 0.25) is 0 Å². The van der Waals surface area contributed by atoms with Gasteiger partial charge in [0, 0.05) is 21.7 Å². The van der Waals surface area contributed by atoms with Gasteiger partial charge in [-0.05, 0) is 19.1 Å². The van der Waals surface area contributed by atoms with Gasteiger partial charge in [-0.15, -0.1) is 0 Å². The Labute approximate surface area is 69.6 Å².